The van der Waals surface area contributed by atoms with E-state index < -0.39 is 12.1 Å². The Morgan fingerprint density at radius 1 is 1.17 bits per heavy atom. The summed E-state index contributed by atoms with van der Waals surface area (Å²) in [6, 6.07) is 7.95. The van der Waals surface area contributed by atoms with Gasteiger partial charge in [0.05, 0.1) is 6.61 Å². The van der Waals surface area contributed by atoms with E-state index in [0.29, 0.717) is 13.0 Å². The number of benzene rings is 1. The van der Waals surface area contributed by atoms with Crippen molar-refractivity contribution in [3.63, 3.8) is 0 Å². The fourth-order valence-electron chi connectivity index (χ4n) is 2.11. The molecule has 1 aromatic rings. The standard InChI is InChI=1S/C19H30O4/c1-5-6-14-22-18(21)17(20)9-7-8-15-10-12-16(13-11-15)23-19(2,3)4/h10-13,17,20H,5-9,14H2,1-4H3/t17-/m0/s1. The number of hydrogen-bond acceptors (Lipinski definition) is 4. The molecule has 0 saturated carbocycles. The van der Waals surface area contributed by atoms with Crippen LogP contribution in [0.4, 0.5) is 0 Å². The average molecular weight is 322 g/mol. The maximum Gasteiger partial charge on any atom is 0.334 e. The highest BCUT2D eigenvalue weighted by molar-refractivity contribution is 5.74. The topological polar surface area (TPSA) is 55.8 Å². The first-order valence-corrected chi connectivity index (χ1v) is 8.44. The molecule has 0 aromatic heterocycles. The lowest BCUT2D eigenvalue weighted by molar-refractivity contribution is -0.154. The number of esters is 1. The second-order valence-corrected chi connectivity index (χ2v) is 6.79. The predicted molar refractivity (Wildman–Crippen MR) is 91.6 cm³/mol. The molecule has 1 aromatic carbocycles. The van der Waals surface area contributed by atoms with Crippen molar-refractivity contribution in [1.29, 1.82) is 0 Å². The minimum atomic E-state index is -1.02. The lowest BCUT2D eigenvalue weighted by atomic mass is 10.1. The smallest absolute Gasteiger partial charge is 0.334 e. The van der Waals surface area contributed by atoms with Gasteiger partial charge in [0.25, 0.3) is 0 Å². The number of carbonyl (C=O) groups is 1. The van der Waals surface area contributed by atoms with Gasteiger partial charge in [0.1, 0.15) is 11.4 Å². The van der Waals surface area contributed by atoms with Crippen LogP contribution in [-0.4, -0.2) is 29.4 Å². The van der Waals surface area contributed by atoms with Gasteiger partial charge in [-0.2, -0.15) is 0 Å². The molecule has 4 nitrogen and oxygen atoms in total. The van der Waals surface area contributed by atoms with Gasteiger partial charge in [-0.3, -0.25) is 0 Å². The minimum absolute atomic E-state index is 0.205. The molecule has 0 bridgehead atoms. The summed E-state index contributed by atoms with van der Waals surface area (Å²) >= 11 is 0. The van der Waals surface area contributed by atoms with Crippen molar-refractivity contribution in [2.75, 3.05) is 6.61 Å². The number of hydrogen-bond donors (Lipinski definition) is 1. The molecule has 0 aliphatic carbocycles. The fraction of sp³-hybridized carbons (Fsp3) is 0.632. The normalized spacial score (nSPS) is 12.7. The molecule has 0 aliphatic rings. The van der Waals surface area contributed by atoms with Gasteiger partial charge in [0.2, 0.25) is 0 Å². The van der Waals surface area contributed by atoms with E-state index in [9.17, 15) is 9.90 Å². The molecule has 0 unspecified atom stereocenters. The molecular weight excluding hydrogens is 292 g/mol. The number of aliphatic hydroxyl groups is 1. The van der Waals surface area contributed by atoms with Crippen molar-refractivity contribution < 1.29 is 19.4 Å². The van der Waals surface area contributed by atoms with Crippen LogP contribution in [0.5, 0.6) is 5.75 Å². The first-order chi connectivity index (χ1) is 10.8. The van der Waals surface area contributed by atoms with Crippen LogP contribution >= 0.6 is 0 Å². The number of aryl methyl sites for hydroxylation is 1. The quantitative estimate of drug-likeness (QED) is 0.553. The molecule has 0 aliphatic heterocycles. The lowest BCUT2D eigenvalue weighted by Crippen LogP contribution is -2.23. The molecule has 0 heterocycles. The molecule has 1 atom stereocenters. The van der Waals surface area contributed by atoms with Gasteiger partial charge < -0.3 is 14.6 Å². The summed E-state index contributed by atoms with van der Waals surface area (Å²) in [5.74, 6) is 0.341. The first kappa shape index (κ1) is 19.5. The van der Waals surface area contributed by atoms with E-state index in [1.807, 2.05) is 52.0 Å². The van der Waals surface area contributed by atoms with E-state index in [-0.39, 0.29) is 5.60 Å². The second kappa shape index (κ2) is 9.56. The summed E-state index contributed by atoms with van der Waals surface area (Å²) in [4.78, 5) is 11.5. The number of rotatable bonds is 9. The van der Waals surface area contributed by atoms with Gasteiger partial charge in [0.15, 0.2) is 6.10 Å². The Bertz CT molecular complexity index is 459. The zero-order valence-corrected chi connectivity index (χ0v) is 14.8. The average Bonchev–Trinajstić information content (AvgIpc) is 2.47. The minimum Gasteiger partial charge on any atom is -0.488 e. The van der Waals surface area contributed by atoms with E-state index in [2.05, 4.69) is 0 Å². The summed E-state index contributed by atoms with van der Waals surface area (Å²) in [6.07, 6.45) is 2.76. The highest BCUT2D eigenvalue weighted by Crippen LogP contribution is 2.19. The molecule has 0 amide bonds. The molecule has 0 radical (unpaired) electrons. The van der Waals surface area contributed by atoms with Crippen molar-refractivity contribution in [2.45, 2.75) is 71.5 Å². The van der Waals surface area contributed by atoms with Gasteiger partial charge in [-0.1, -0.05) is 25.5 Å². The van der Waals surface area contributed by atoms with E-state index in [1.54, 1.807) is 0 Å². The maximum absolute atomic E-state index is 11.5. The van der Waals surface area contributed by atoms with Crippen LogP contribution in [0.15, 0.2) is 24.3 Å². The number of ether oxygens (including phenoxy) is 2. The van der Waals surface area contributed by atoms with Crippen LogP contribution < -0.4 is 4.74 Å². The van der Waals surface area contributed by atoms with Gasteiger partial charge in [0, 0.05) is 0 Å². The van der Waals surface area contributed by atoms with Crippen LogP contribution in [-0.2, 0) is 16.0 Å². The van der Waals surface area contributed by atoms with E-state index >= 15 is 0 Å². The second-order valence-electron chi connectivity index (χ2n) is 6.79. The molecule has 1 N–H and O–H groups in total. The Hall–Kier alpha value is -1.55. The summed E-state index contributed by atoms with van der Waals surface area (Å²) in [5.41, 5.74) is 0.960. The molecule has 1 rings (SSSR count). The maximum atomic E-state index is 11.5. The van der Waals surface area contributed by atoms with Gasteiger partial charge in [-0.25, -0.2) is 4.79 Å². The van der Waals surface area contributed by atoms with Crippen LogP contribution in [0.3, 0.4) is 0 Å². The zero-order valence-electron chi connectivity index (χ0n) is 14.8. The summed E-state index contributed by atoms with van der Waals surface area (Å²) in [6.45, 7) is 8.47. The molecule has 4 heteroatoms. The van der Waals surface area contributed by atoms with Crippen molar-refractivity contribution in [2.24, 2.45) is 0 Å². The van der Waals surface area contributed by atoms with Crippen LogP contribution in [0, 0.1) is 0 Å². The third-order valence-electron chi connectivity index (χ3n) is 3.30. The number of aliphatic hydroxyl groups excluding tert-OH is 1. The van der Waals surface area contributed by atoms with E-state index in [0.717, 1.165) is 37.0 Å². The molecule has 0 spiro atoms. The Morgan fingerprint density at radius 2 is 1.83 bits per heavy atom. The number of unbranched alkanes of at least 4 members (excludes halogenated alkanes) is 1. The van der Waals surface area contributed by atoms with Gasteiger partial charge in [-0.05, 0) is 64.2 Å². The van der Waals surface area contributed by atoms with Crippen LogP contribution in [0.2, 0.25) is 0 Å². The summed E-state index contributed by atoms with van der Waals surface area (Å²) < 4.78 is 10.8. The zero-order chi connectivity index (χ0) is 17.3. The van der Waals surface area contributed by atoms with Crippen molar-refractivity contribution in [1.82, 2.24) is 0 Å². The van der Waals surface area contributed by atoms with Gasteiger partial charge in [-0.15, -0.1) is 0 Å². The Morgan fingerprint density at radius 3 is 2.39 bits per heavy atom. The molecular formula is C19H30O4. The largest absolute Gasteiger partial charge is 0.488 e. The molecule has 23 heavy (non-hydrogen) atoms. The van der Waals surface area contributed by atoms with Crippen LogP contribution in [0.25, 0.3) is 0 Å². The predicted octanol–water partition coefficient (Wildman–Crippen LogP) is 3.89. The number of carbonyl (C=O) groups excluding carboxylic acids is 1. The van der Waals surface area contributed by atoms with E-state index in [4.69, 9.17) is 9.47 Å². The first-order valence-electron chi connectivity index (χ1n) is 8.44. The van der Waals surface area contributed by atoms with Crippen molar-refractivity contribution in [3.8, 4) is 5.75 Å². The highest BCUT2D eigenvalue weighted by atomic mass is 16.5. The summed E-state index contributed by atoms with van der Waals surface area (Å²) in [5, 5.41) is 9.77. The third kappa shape index (κ3) is 8.60. The Balaban J connectivity index is 2.31. The monoisotopic (exact) mass is 322 g/mol. The SMILES string of the molecule is CCCCOC(=O)[C@@H](O)CCCc1ccc(OC(C)(C)C)cc1. The third-order valence-corrected chi connectivity index (χ3v) is 3.30. The van der Waals surface area contributed by atoms with Gasteiger partial charge >= 0.3 is 5.97 Å². The van der Waals surface area contributed by atoms with Crippen molar-refractivity contribution in [3.05, 3.63) is 29.8 Å². The molecule has 0 fully saturated rings. The molecule has 130 valence electrons. The lowest BCUT2D eigenvalue weighted by Gasteiger charge is -2.21. The van der Waals surface area contributed by atoms with Crippen molar-refractivity contribution >= 4 is 5.97 Å². The van der Waals surface area contributed by atoms with E-state index in [1.165, 1.54) is 0 Å². The highest BCUT2D eigenvalue weighted by Gasteiger charge is 2.16. The summed E-state index contributed by atoms with van der Waals surface area (Å²) in [7, 11) is 0. The Kier molecular flexibility index (Phi) is 8.10. The Labute approximate surface area is 139 Å². The fourth-order valence-corrected chi connectivity index (χ4v) is 2.11. The molecule has 0 saturated heterocycles. The van der Waals surface area contributed by atoms with Crippen LogP contribution in [0.1, 0.15) is 58.9 Å².